The van der Waals surface area contributed by atoms with Crippen molar-refractivity contribution >= 4 is 34.8 Å². The highest BCUT2D eigenvalue weighted by Gasteiger charge is 2.35. The number of alkyl halides is 3. The Morgan fingerprint density at radius 1 is 0.667 bits per heavy atom. The van der Waals surface area contributed by atoms with Gasteiger partial charge in [0.15, 0.2) is 0 Å². The summed E-state index contributed by atoms with van der Waals surface area (Å²) in [5, 5.41) is 0. The molecule has 0 amide bonds. The first-order valence-corrected chi connectivity index (χ1v) is 8.04. The van der Waals surface area contributed by atoms with Crippen LogP contribution in [0.1, 0.15) is 39.3 Å². The van der Waals surface area contributed by atoms with Crippen LogP contribution < -0.4 is 0 Å². The van der Waals surface area contributed by atoms with Crippen LogP contribution in [0.4, 0.5) is 0 Å². The predicted octanol–water partition coefficient (Wildman–Crippen LogP) is 6.42. The molecule has 0 saturated heterocycles. The molecule has 0 nitrogen and oxygen atoms in total. The van der Waals surface area contributed by atoms with Crippen molar-refractivity contribution < 1.29 is 0 Å². The van der Waals surface area contributed by atoms with Gasteiger partial charge in [-0.05, 0) is 61.1 Å². The zero-order chi connectivity index (χ0) is 15.8. The summed E-state index contributed by atoms with van der Waals surface area (Å²) in [6.07, 6.45) is 0. The highest BCUT2D eigenvalue weighted by molar-refractivity contribution is 6.68. The SMILES string of the molecule is Cc1ccc(C(c2ccc(C)c(C)c2)C(Cl)(Cl)Cl)cc1C. The maximum Gasteiger partial charge on any atom is 0.201 e. The molecule has 112 valence electrons. The first kappa shape index (κ1) is 16.7. The van der Waals surface area contributed by atoms with Gasteiger partial charge in [0.1, 0.15) is 0 Å². The maximum absolute atomic E-state index is 6.28. The summed E-state index contributed by atoms with van der Waals surface area (Å²) in [5.74, 6) is -0.277. The van der Waals surface area contributed by atoms with Crippen LogP contribution >= 0.6 is 34.8 Å². The van der Waals surface area contributed by atoms with Crippen molar-refractivity contribution in [3.05, 3.63) is 69.8 Å². The van der Waals surface area contributed by atoms with E-state index in [1.165, 1.54) is 22.3 Å². The fraction of sp³-hybridized carbons (Fsp3) is 0.333. The Kier molecular flexibility index (Phi) is 4.92. The Bertz CT molecular complexity index is 602. The Morgan fingerprint density at radius 2 is 1.05 bits per heavy atom. The maximum atomic E-state index is 6.28. The van der Waals surface area contributed by atoms with E-state index in [0.29, 0.717) is 0 Å². The van der Waals surface area contributed by atoms with Crippen molar-refractivity contribution in [3.8, 4) is 0 Å². The summed E-state index contributed by atoms with van der Waals surface area (Å²) >= 11 is 18.9. The Labute approximate surface area is 142 Å². The zero-order valence-electron chi connectivity index (χ0n) is 12.7. The van der Waals surface area contributed by atoms with E-state index in [9.17, 15) is 0 Å². The van der Waals surface area contributed by atoms with Crippen molar-refractivity contribution in [2.24, 2.45) is 0 Å². The molecular formula is C18H19Cl3. The van der Waals surface area contributed by atoms with E-state index in [-0.39, 0.29) is 5.92 Å². The second-order valence-electron chi connectivity index (χ2n) is 5.66. The molecule has 0 aromatic heterocycles. The van der Waals surface area contributed by atoms with Gasteiger partial charge in [0.05, 0.1) is 5.92 Å². The highest BCUT2D eigenvalue weighted by atomic mass is 35.6. The van der Waals surface area contributed by atoms with Crippen LogP contribution in [0.15, 0.2) is 36.4 Å². The molecule has 0 radical (unpaired) electrons. The fourth-order valence-corrected chi connectivity index (χ4v) is 3.21. The molecule has 0 heterocycles. The summed E-state index contributed by atoms with van der Waals surface area (Å²) in [4.78, 5) is 0. The van der Waals surface area contributed by atoms with Crippen molar-refractivity contribution in [2.75, 3.05) is 0 Å². The molecule has 3 heteroatoms. The molecule has 0 atom stereocenters. The van der Waals surface area contributed by atoms with Crippen LogP contribution in [0.25, 0.3) is 0 Å². The molecule has 0 fully saturated rings. The molecule has 0 aliphatic rings. The van der Waals surface area contributed by atoms with E-state index in [0.717, 1.165) is 11.1 Å². The topological polar surface area (TPSA) is 0 Å². The predicted molar refractivity (Wildman–Crippen MR) is 94.0 cm³/mol. The van der Waals surface area contributed by atoms with Gasteiger partial charge in [-0.25, -0.2) is 0 Å². The molecule has 0 saturated carbocycles. The van der Waals surface area contributed by atoms with Crippen LogP contribution in [0.5, 0.6) is 0 Å². The third-order valence-corrected chi connectivity index (χ3v) is 4.71. The van der Waals surface area contributed by atoms with Gasteiger partial charge in [0.2, 0.25) is 3.79 Å². The minimum absolute atomic E-state index is 0.277. The lowest BCUT2D eigenvalue weighted by atomic mass is 9.89. The normalized spacial score (nSPS) is 12.0. The van der Waals surface area contributed by atoms with Gasteiger partial charge < -0.3 is 0 Å². The number of aryl methyl sites for hydroxylation is 4. The molecule has 21 heavy (non-hydrogen) atoms. The fourth-order valence-electron chi connectivity index (χ4n) is 2.46. The molecule has 2 aromatic rings. The third-order valence-electron chi connectivity index (χ3n) is 4.06. The number of rotatable bonds is 2. The van der Waals surface area contributed by atoms with Gasteiger partial charge in [-0.2, -0.15) is 0 Å². The molecule has 0 spiro atoms. The van der Waals surface area contributed by atoms with Crippen LogP contribution in [-0.2, 0) is 0 Å². The zero-order valence-corrected chi connectivity index (χ0v) is 14.9. The van der Waals surface area contributed by atoms with Crippen LogP contribution in [0, 0.1) is 27.7 Å². The van der Waals surface area contributed by atoms with Gasteiger partial charge in [-0.3, -0.25) is 0 Å². The lowest BCUT2D eigenvalue weighted by molar-refractivity contribution is 0.835. The smallest absolute Gasteiger partial charge is 0.0826 e. The van der Waals surface area contributed by atoms with E-state index in [4.69, 9.17) is 34.8 Å². The molecule has 0 aliphatic heterocycles. The average Bonchev–Trinajstić information content (AvgIpc) is 2.37. The van der Waals surface area contributed by atoms with Crippen LogP contribution in [0.3, 0.4) is 0 Å². The molecule has 0 N–H and O–H groups in total. The summed E-state index contributed by atoms with van der Waals surface area (Å²) in [6, 6.07) is 12.5. The lowest BCUT2D eigenvalue weighted by Crippen LogP contribution is -2.19. The molecule has 0 bridgehead atoms. The first-order chi connectivity index (χ1) is 9.70. The van der Waals surface area contributed by atoms with Crippen molar-refractivity contribution in [3.63, 3.8) is 0 Å². The van der Waals surface area contributed by atoms with Crippen molar-refractivity contribution in [2.45, 2.75) is 37.4 Å². The first-order valence-electron chi connectivity index (χ1n) is 6.91. The molecule has 0 unspecified atom stereocenters. The number of hydrogen-bond donors (Lipinski definition) is 0. The van der Waals surface area contributed by atoms with Gasteiger partial charge in [0, 0.05) is 0 Å². The summed E-state index contributed by atoms with van der Waals surface area (Å²) in [7, 11) is 0. The number of benzene rings is 2. The minimum atomic E-state index is -1.39. The van der Waals surface area contributed by atoms with E-state index < -0.39 is 3.79 Å². The standard InChI is InChI=1S/C18H19Cl3/c1-11-5-7-15(9-13(11)3)17(18(19,20)21)16-8-6-12(2)14(4)10-16/h5-10,17H,1-4H3. The van der Waals surface area contributed by atoms with Crippen LogP contribution in [0.2, 0.25) is 0 Å². The van der Waals surface area contributed by atoms with Gasteiger partial charge in [-0.1, -0.05) is 71.2 Å². The summed E-state index contributed by atoms with van der Waals surface area (Å²) in [6.45, 7) is 8.32. The monoisotopic (exact) mass is 340 g/mol. The highest BCUT2D eigenvalue weighted by Crippen LogP contribution is 2.46. The largest absolute Gasteiger partial charge is 0.201 e. The Hall–Kier alpha value is -0.690. The van der Waals surface area contributed by atoms with Crippen molar-refractivity contribution in [1.82, 2.24) is 0 Å². The van der Waals surface area contributed by atoms with E-state index >= 15 is 0 Å². The van der Waals surface area contributed by atoms with Gasteiger partial charge in [0.25, 0.3) is 0 Å². The average molecular weight is 342 g/mol. The number of hydrogen-bond acceptors (Lipinski definition) is 0. The van der Waals surface area contributed by atoms with Gasteiger partial charge in [-0.15, -0.1) is 0 Å². The molecule has 0 aliphatic carbocycles. The second kappa shape index (κ2) is 6.20. The van der Waals surface area contributed by atoms with Crippen molar-refractivity contribution in [1.29, 1.82) is 0 Å². The quantitative estimate of drug-likeness (QED) is 0.553. The Morgan fingerprint density at radius 3 is 1.33 bits per heavy atom. The summed E-state index contributed by atoms with van der Waals surface area (Å²) < 4.78 is -1.39. The molecule has 2 rings (SSSR count). The third kappa shape index (κ3) is 3.74. The lowest BCUT2D eigenvalue weighted by Gasteiger charge is -2.26. The van der Waals surface area contributed by atoms with E-state index in [1.54, 1.807) is 0 Å². The summed E-state index contributed by atoms with van der Waals surface area (Å²) in [5.41, 5.74) is 6.94. The van der Waals surface area contributed by atoms with E-state index in [1.807, 2.05) is 12.1 Å². The molecular weight excluding hydrogens is 323 g/mol. The van der Waals surface area contributed by atoms with Crippen LogP contribution in [-0.4, -0.2) is 3.79 Å². The number of halogens is 3. The second-order valence-corrected chi connectivity index (χ2v) is 8.03. The minimum Gasteiger partial charge on any atom is -0.0826 e. The van der Waals surface area contributed by atoms with E-state index in [2.05, 4.69) is 52.0 Å². The molecule has 2 aromatic carbocycles. The Balaban J connectivity index is 2.58. The van der Waals surface area contributed by atoms with Gasteiger partial charge >= 0.3 is 0 Å².